The van der Waals surface area contributed by atoms with Gasteiger partial charge in [0.2, 0.25) is 0 Å². The summed E-state index contributed by atoms with van der Waals surface area (Å²) in [5.41, 5.74) is 1.02. The lowest BCUT2D eigenvalue weighted by atomic mass is 9.86. The Hall–Kier alpha value is -0.970. The zero-order chi connectivity index (χ0) is 12.1. The number of nitrogens with zero attached hydrogens (tertiary/aromatic N) is 2. The van der Waals surface area contributed by atoms with Crippen molar-refractivity contribution in [1.82, 2.24) is 9.88 Å². The lowest BCUT2D eigenvalue weighted by Gasteiger charge is -2.43. The fourth-order valence-electron chi connectivity index (χ4n) is 2.10. The Bertz CT molecular complexity index is 333. The van der Waals surface area contributed by atoms with E-state index in [1.54, 1.807) is 0 Å². The third-order valence-electron chi connectivity index (χ3n) is 3.27. The molecule has 0 bridgehead atoms. The predicted molar refractivity (Wildman–Crippen MR) is 65.5 cm³/mol. The molecule has 94 valence electrons. The largest absolute Gasteiger partial charge is 0.396 e. The molecule has 1 aliphatic rings. The SMILES string of the molecule is CCN(Cc1ccccn1)CC1(CO)COC1. The van der Waals surface area contributed by atoms with Gasteiger partial charge in [-0.3, -0.25) is 9.88 Å². The van der Waals surface area contributed by atoms with Gasteiger partial charge in [0.25, 0.3) is 0 Å². The molecule has 1 aromatic heterocycles. The molecule has 0 saturated carbocycles. The van der Waals surface area contributed by atoms with Crippen molar-refractivity contribution >= 4 is 0 Å². The summed E-state index contributed by atoms with van der Waals surface area (Å²) in [4.78, 5) is 6.64. The van der Waals surface area contributed by atoms with Crippen molar-refractivity contribution in [1.29, 1.82) is 0 Å². The van der Waals surface area contributed by atoms with Gasteiger partial charge >= 0.3 is 0 Å². The molecule has 0 aromatic carbocycles. The van der Waals surface area contributed by atoms with Crippen LogP contribution in [0, 0.1) is 5.41 Å². The number of hydrogen-bond donors (Lipinski definition) is 1. The second-order valence-corrected chi connectivity index (χ2v) is 4.78. The number of pyridine rings is 1. The minimum atomic E-state index is -0.0508. The Morgan fingerprint density at radius 1 is 1.47 bits per heavy atom. The van der Waals surface area contributed by atoms with Gasteiger partial charge in [0.05, 0.1) is 30.9 Å². The first-order valence-corrected chi connectivity index (χ1v) is 6.09. The van der Waals surface area contributed by atoms with E-state index >= 15 is 0 Å². The van der Waals surface area contributed by atoms with Crippen LogP contribution in [0.2, 0.25) is 0 Å². The van der Waals surface area contributed by atoms with Crippen LogP contribution >= 0.6 is 0 Å². The molecule has 4 nitrogen and oxygen atoms in total. The number of aliphatic hydroxyl groups is 1. The van der Waals surface area contributed by atoms with Crippen LogP contribution in [0.15, 0.2) is 24.4 Å². The van der Waals surface area contributed by atoms with Crippen LogP contribution < -0.4 is 0 Å². The zero-order valence-electron chi connectivity index (χ0n) is 10.3. The molecular formula is C13H20N2O2. The third kappa shape index (κ3) is 3.03. The zero-order valence-corrected chi connectivity index (χ0v) is 10.3. The lowest BCUT2D eigenvalue weighted by molar-refractivity contribution is -0.148. The van der Waals surface area contributed by atoms with E-state index in [1.807, 2.05) is 24.4 Å². The van der Waals surface area contributed by atoms with Crippen LogP contribution in [0.4, 0.5) is 0 Å². The van der Waals surface area contributed by atoms with Crippen LogP contribution in [-0.4, -0.2) is 47.9 Å². The minimum absolute atomic E-state index is 0.0508. The Kier molecular flexibility index (Phi) is 4.10. The first kappa shape index (κ1) is 12.5. The summed E-state index contributed by atoms with van der Waals surface area (Å²) in [6.07, 6.45) is 1.82. The molecule has 0 atom stereocenters. The summed E-state index contributed by atoms with van der Waals surface area (Å²) in [6.45, 7) is 6.33. The Morgan fingerprint density at radius 3 is 2.76 bits per heavy atom. The monoisotopic (exact) mass is 236 g/mol. The van der Waals surface area contributed by atoms with E-state index < -0.39 is 0 Å². The van der Waals surface area contributed by atoms with Crippen molar-refractivity contribution < 1.29 is 9.84 Å². The van der Waals surface area contributed by atoms with E-state index in [4.69, 9.17) is 4.74 Å². The Balaban J connectivity index is 1.93. The van der Waals surface area contributed by atoms with Gasteiger partial charge in [0, 0.05) is 19.3 Å². The van der Waals surface area contributed by atoms with E-state index in [-0.39, 0.29) is 12.0 Å². The molecular weight excluding hydrogens is 216 g/mol. The Morgan fingerprint density at radius 2 is 2.29 bits per heavy atom. The van der Waals surface area contributed by atoms with Crippen LogP contribution in [-0.2, 0) is 11.3 Å². The van der Waals surface area contributed by atoms with Crippen molar-refractivity contribution in [2.75, 3.05) is 32.9 Å². The van der Waals surface area contributed by atoms with E-state index in [2.05, 4.69) is 16.8 Å². The van der Waals surface area contributed by atoms with Crippen molar-refractivity contribution in [2.24, 2.45) is 5.41 Å². The predicted octanol–water partition coefficient (Wildman–Crippen LogP) is 0.912. The van der Waals surface area contributed by atoms with Crippen LogP contribution in [0.5, 0.6) is 0 Å². The second-order valence-electron chi connectivity index (χ2n) is 4.78. The average molecular weight is 236 g/mol. The standard InChI is InChI=1S/C13H20N2O2/c1-2-15(7-12-5-3-4-6-14-12)8-13(9-16)10-17-11-13/h3-6,16H,2,7-11H2,1H3. The number of aromatic nitrogens is 1. The van der Waals surface area contributed by atoms with Gasteiger partial charge in [0.15, 0.2) is 0 Å². The lowest BCUT2D eigenvalue weighted by Crippen LogP contribution is -2.53. The number of hydrogen-bond acceptors (Lipinski definition) is 4. The highest BCUT2D eigenvalue weighted by Gasteiger charge is 2.39. The molecule has 1 aromatic rings. The molecule has 1 fully saturated rings. The number of aliphatic hydroxyl groups excluding tert-OH is 1. The summed E-state index contributed by atoms with van der Waals surface area (Å²) in [5, 5.41) is 9.42. The second kappa shape index (κ2) is 5.58. The molecule has 2 rings (SSSR count). The third-order valence-corrected chi connectivity index (χ3v) is 3.27. The number of ether oxygens (including phenoxy) is 1. The maximum absolute atomic E-state index is 9.42. The maximum Gasteiger partial charge on any atom is 0.0579 e. The quantitative estimate of drug-likeness (QED) is 0.797. The fourth-order valence-corrected chi connectivity index (χ4v) is 2.10. The van der Waals surface area contributed by atoms with Gasteiger partial charge in [-0.2, -0.15) is 0 Å². The first-order chi connectivity index (χ1) is 8.28. The highest BCUT2D eigenvalue weighted by Crippen LogP contribution is 2.28. The Labute approximate surface area is 102 Å². The molecule has 2 heterocycles. The minimum Gasteiger partial charge on any atom is -0.396 e. The van der Waals surface area contributed by atoms with E-state index in [9.17, 15) is 5.11 Å². The van der Waals surface area contributed by atoms with Crippen LogP contribution in [0.25, 0.3) is 0 Å². The van der Waals surface area contributed by atoms with Gasteiger partial charge in [-0.15, -0.1) is 0 Å². The van der Waals surface area contributed by atoms with Crippen LogP contribution in [0.1, 0.15) is 12.6 Å². The highest BCUT2D eigenvalue weighted by molar-refractivity contribution is 5.03. The highest BCUT2D eigenvalue weighted by atomic mass is 16.5. The van der Waals surface area contributed by atoms with E-state index in [0.29, 0.717) is 13.2 Å². The molecule has 0 spiro atoms. The van der Waals surface area contributed by atoms with Gasteiger partial charge in [-0.25, -0.2) is 0 Å². The topological polar surface area (TPSA) is 45.6 Å². The van der Waals surface area contributed by atoms with Crippen molar-refractivity contribution in [3.63, 3.8) is 0 Å². The smallest absolute Gasteiger partial charge is 0.0579 e. The van der Waals surface area contributed by atoms with Crippen molar-refractivity contribution in [2.45, 2.75) is 13.5 Å². The van der Waals surface area contributed by atoms with Crippen molar-refractivity contribution in [3.05, 3.63) is 30.1 Å². The summed E-state index contributed by atoms with van der Waals surface area (Å²) < 4.78 is 5.22. The molecule has 0 aliphatic carbocycles. The molecule has 1 saturated heterocycles. The first-order valence-electron chi connectivity index (χ1n) is 6.09. The molecule has 17 heavy (non-hydrogen) atoms. The number of rotatable bonds is 6. The molecule has 1 N–H and O–H groups in total. The molecule has 4 heteroatoms. The van der Waals surface area contributed by atoms with Crippen molar-refractivity contribution in [3.8, 4) is 0 Å². The molecule has 0 radical (unpaired) electrons. The van der Waals surface area contributed by atoms with Gasteiger partial charge in [-0.1, -0.05) is 13.0 Å². The normalized spacial score (nSPS) is 18.1. The van der Waals surface area contributed by atoms with Gasteiger partial charge in [0.1, 0.15) is 0 Å². The van der Waals surface area contributed by atoms with E-state index in [0.717, 1.165) is 25.3 Å². The van der Waals surface area contributed by atoms with E-state index in [1.165, 1.54) is 0 Å². The molecule has 0 amide bonds. The maximum atomic E-state index is 9.42. The summed E-state index contributed by atoms with van der Waals surface area (Å²) in [7, 11) is 0. The fraction of sp³-hybridized carbons (Fsp3) is 0.615. The average Bonchev–Trinajstić information content (AvgIpc) is 2.33. The molecule has 1 aliphatic heterocycles. The summed E-state index contributed by atoms with van der Waals surface area (Å²) in [6, 6.07) is 5.96. The summed E-state index contributed by atoms with van der Waals surface area (Å²) >= 11 is 0. The van der Waals surface area contributed by atoms with Gasteiger partial charge in [-0.05, 0) is 18.7 Å². The molecule has 0 unspecified atom stereocenters. The van der Waals surface area contributed by atoms with Gasteiger partial charge < -0.3 is 9.84 Å². The van der Waals surface area contributed by atoms with Crippen LogP contribution in [0.3, 0.4) is 0 Å². The summed E-state index contributed by atoms with van der Waals surface area (Å²) in [5.74, 6) is 0.